The quantitative estimate of drug-likeness (QED) is 0.377. The van der Waals surface area contributed by atoms with Crippen molar-refractivity contribution in [1.82, 2.24) is 0 Å². The summed E-state index contributed by atoms with van der Waals surface area (Å²) in [5.41, 5.74) is 0. The van der Waals surface area contributed by atoms with Crippen molar-refractivity contribution in [1.29, 1.82) is 0 Å². The van der Waals surface area contributed by atoms with Crippen LogP contribution in [-0.4, -0.2) is 29.7 Å². The van der Waals surface area contributed by atoms with Gasteiger partial charge in [0.2, 0.25) is 0 Å². The van der Waals surface area contributed by atoms with Crippen LogP contribution >= 0.6 is 0 Å². The summed E-state index contributed by atoms with van der Waals surface area (Å²) in [6.07, 6.45) is 3.64. The summed E-state index contributed by atoms with van der Waals surface area (Å²) in [4.78, 5) is 0. The van der Waals surface area contributed by atoms with Crippen molar-refractivity contribution < 1.29 is 17.1 Å². The van der Waals surface area contributed by atoms with Crippen molar-refractivity contribution in [3.63, 3.8) is 0 Å². The van der Waals surface area contributed by atoms with E-state index >= 15 is 0 Å². The third-order valence-electron chi connectivity index (χ3n) is 1.70. The van der Waals surface area contributed by atoms with Gasteiger partial charge in [-0.25, -0.2) is 0 Å². The second kappa shape index (κ2) is 11.2. The molecule has 1 aromatic rings. The third kappa shape index (κ3) is 7.48. The minimum atomic E-state index is 0. The molecule has 0 heterocycles. The van der Waals surface area contributed by atoms with E-state index in [0.717, 1.165) is 18.8 Å². The van der Waals surface area contributed by atoms with Gasteiger partial charge in [-0.3, -0.25) is 0 Å². The van der Waals surface area contributed by atoms with E-state index in [1.807, 2.05) is 24.3 Å². The Labute approximate surface area is 109 Å². The Kier molecular flexibility index (Phi) is 13.1. The van der Waals surface area contributed by atoms with Crippen molar-refractivity contribution in [2.45, 2.75) is 26.2 Å². The molecule has 74 valence electrons. The maximum atomic E-state index is 5.49. The van der Waals surface area contributed by atoms with Crippen molar-refractivity contribution in [2.24, 2.45) is 0 Å². The van der Waals surface area contributed by atoms with Crippen molar-refractivity contribution >= 4 is 23.1 Å². The van der Waals surface area contributed by atoms with Gasteiger partial charge < -0.3 is 17.1 Å². The van der Waals surface area contributed by atoms with E-state index in [0.29, 0.717) is 0 Å². The maximum absolute atomic E-state index is 5.49. The minimum absolute atomic E-state index is 0. The molecule has 0 spiro atoms. The van der Waals surface area contributed by atoms with Gasteiger partial charge in [0, 0.05) is 5.75 Å². The van der Waals surface area contributed by atoms with Crippen molar-refractivity contribution in [2.75, 3.05) is 6.61 Å². The molecule has 0 aliphatic carbocycles. The molecule has 0 aliphatic heterocycles. The topological polar surface area (TPSA) is 9.23 Å². The van der Waals surface area contributed by atoms with Crippen LogP contribution in [0.1, 0.15) is 26.2 Å². The molecule has 0 amide bonds. The van der Waals surface area contributed by atoms with E-state index in [-0.39, 0.29) is 35.5 Å². The molecule has 0 aromatic heterocycles. The first-order valence-corrected chi connectivity index (χ1v) is 4.52. The van der Waals surface area contributed by atoms with Gasteiger partial charge in [-0.1, -0.05) is 19.8 Å². The molecule has 0 atom stereocenters. The molecule has 1 rings (SSSR count). The first-order chi connectivity index (χ1) is 5.93. The molecule has 0 saturated heterocycles. The number of halogens is 1. The van der Waals surface area contributed by atoms with Gasteiger partial charge >= 0.3 is 23.1 Å². The predicted molar refractivity (Wildman–Crippen MR) is 56.1 cm³/mol. The number of benzene rings is 1. The molecule has 3 heteroatoms. The molecular weight excluding hydrogens is 208 g/mol. The maximum Gasteiger partial charge on any atom is 2.00 e. The van der Waals surface area contributed by atoms with Crippen LogP contribution in [0.15, 0.2) is 24.3 Å². The molecule has 0 N–H and O–H groups in total. The van der Waals surface area contributed by atoms with Gasteiger partial charge in [0.25, 0.3) is 0 Å². The van der Waals surface area contributed by atoms with Crippen LogP contribution in [0.25, 0.3) is 0 Å². The Hall–Kier alpha value is 0.0762. The van der Waals surface area contributed by atoms with E-state index in [1.165, 1.54) is 12.8 Å². The zero-order valence-corrected chi connectivity index (χ0v) is 10.8. The van der Waals surface area contributed by atoms with E-state index in [2.05, 4.69) is 13.0 Å². The molecule has 0 fully saturated rings. The van der Waals surface area contributed by atoms with E-state index < -0.39 is 0 Å². The molecule has 0 saturated carbocycles. The van der Waals surface area contributed by atoms with Gasteiger partial charge in [-0.15, -0.1) is 12.1 Å². The van der Waals surface area contributed by atoms with Crippen molar-refractivity contribution in [3.05, 3.63) is 30.3 Å². The minimum Gasteiger partial charge on any atom is -1.00 e. The molecular formula is C11H15ClMgO. The fraction of sp³-hybridized carbons (Fsp3) is 0.455. The molecule has 0 radical (unpaired) electrons. The summed E-state index contributed by atoms with van der Waals surface area (Å²) in [7, 11) is 0. The second-order valence-electron chi connectivity index (χ2n) is 2.79. The van der Waals surface area contributed by atoms with Crippen molar-refractivity contribution in [3.8, 4) is 5.75 Å². The molecule has 1 aromatic carbocycles. The summed E-state index contributed by atoms with van der Waals surface area (Å²) < 4.78 is 5.49. The number of ether oxygens (including phenoxy) is 1. The fourth-order valence-electron chi connectivity index (χ4n) is 1.01. The average Bonchev–Trinajstić information content (AvgIpc) is 2.14. The fourth-order valence-corrected chi connectivity index (χ4v) is 1.01. The van der Waals surface area contributed by atoms with Gasteiger partial charge in [0.15, 0.2) is 0 Å². The van der Waals surface area contributed by atoms with Gasteiger partial charge in [-0.05, 0) is 6.42 Å². The molecule has 1 nitrogen and oxygen atoms in total. The van der Waals surface area contributed by atoms with Gasteiger partial charge in [0.05, 0.1) is 6.61 Å². The molecule has 0 bridgehead atoms. The monoisotopic (exact) mass is 222 g/mol. The van der Waals surface area contributed by atoms with Crippen LogP contribution in [0.3, 0.4) is 0 Å². The first kappa shape index (κ1) is 16.5. The number of unbranched alkanes of at least 4 members (excludes halogenated alkanes) is 2. The van der Waals surface area contributed by atoms with Gasteiger partial charge in [-0.2, -0.15) is 18.2 Å². The van der Waals surface area contributed by atoms with Gasteiger partial charge in [0.1, 0.15) is 0 Å². The smallest absolute Gasteiger partial charge is 1.00 e. The van der Waals surface area contributed by atoms with E-state index in [1.54, 1.807) is 0 Å². The van der Waals surface area contributed by atoms with Crippen LogP contribution in [0.5, 0.6) is 5.75 Å². The predicted octanol–water partition coefficient (Wildman–Crippen LogP) is -0.321. The number of rotatable bonds is 5. The zero-order valence-electron chi connectivity index (χ0n) is 8.63. The normalized spacial score (nSPS) is 8.36. The molecule has 14 heavy (non-hydrogen) atoms. The summed E-state index contributed by atoms with van der Waals surface area (Å²) in [6.45, 7) is 3.02. The van der Waals surface area contributed by atoms with E-state index in [9.17, 15) is 0 Å². The SMILES string of the molecule is CCCCCOc1cc[c-]cc1.[Cl-].[Mg+2]. The third-order valence-corrected chi connectivity index (χ3v) is 1.70. The standard InChI is InChI=1S/C11H15O.ClH.Mg/c1-2-3-7-10-12-11-8-5-4-6-9-11;;/h5-6,8-9H,2-3,7,10H2,1H3;1H;/q-1;;+2/p-1. The largest absolute Gasteiger partial charge is 2.00 e. The first-order valence-electron chi connectivity index (χ1n) is 4.52. The molecule has 0 unspecified atom stereocenters. The summed E-state index contributed by atoms with van der Waals surface area (Å²) >= 11 is 0. The number of hydrogen-bond acceptors (Lipinski definition) is 1. The van der Waals surface area contributed by atoms with E-state index in [4.69, 9.17) is 4.74 Å². The summed E-state index contributed by atoms with van der Waals surface area (Å²) in [5, 5.41) is 0. The van der Waals surface area contributed by atoms with Crippen LogP contribution in [-0.2, 0) is 0 Å². The Balaban J connectivity index is 0. The Morgan fingerprint density at radius 3 is 2.43 bits per heavy atom. The van der Waals surface area contributed by atoms with Crippen LogP contribution < -0.4 is 17.1 Å². The Morgan fingerprint density at radius 2 is 1.86 bits per heavy atom. The van der Waals surface area contributed by atoms with Crippen LogP contribution in [0.2, 0.25) is 0 Å². The number of hydrogen-bond donors (Lipinski definition) is 0. The second-order valence-corrected chi connectivity index (χ2v) is 2.79. The average molecular weight is 223 g/mol. The van der Waals surface area contributed by atoms with Crippen LogP contribution in [0, 0.1) is 6.07 Å². The van der Waals surface area contributed by atoms with Crippen LogP contribution in [0.4, 0.5) is 0 Å². The molecule has 0 aliphatic rings. The Morgan fingerprint density at radius 1 is 1.21 bits per heavy atom. The zero-order chi connectivity index (χ0) is 8.65. The Bertz CT molecular complexity index is 204. The summed E-state index contributed by atoms with van der Waals surface area (Å²) in [5.74, 6) is 0.949. The summed E-state index contributed by atoms with van der Waals surface area (Å²) in [6, 6.07) is 10.6.